The van der Waals surface area contributed by atoms with E-state index in [1.807, 2.05) is 30.4 Å². The Bertz CT molecular complexity index is 542. The molecule has 17 heavy (non-hydrogen) atoms. The van der Waals surface area contributed by atoms with E-state index in [-0.39, 0.29) is 11.9 Å². The molecule has 1 atom stereocenters. The van der Waals surface area contributed by atoms with Crippen LogP contribution in [0.5, 0.6) is 0 Å². The van der Waals surface area contributed by atoms with Crippen LogP contribution in [-0.4, -0.2) is 11.9 Å². The molecule has 3 rings (SSSR count). The van der Waals surface area contributed by atoms with Crippen LogP contribution in [-0.2, 0) is 14.6 Å². The van der Waals surface area contributed by atoms with Crippen LogP contribution in [0.3, 0.4) is 0 Å². The fourth-order valence-electron chi connectivity index (χ4n) is 2.02. The van der Waals surface area contributed by atoms with E-state index in [2.05, 4.69) is 0 Å². The molecule has 3 aliphatic rings. The second kappa shape index (κ2) is 4.03. The average molecular weight is 226 g/mol. The Hall–Kier alpha value is -2.13. The topological polar surface area (TPSA) is 35.5 Å². The Morgan fingerprint density at radius 1 is 1.06 bits per heavy atom. The smallest absolute Gasteiger partial charge is 0.186 e. The number of hydrogen-bond acceptors (Lipinski definition) is 3. The molecular weight excluding hydrogens is 216 g/mol. The molecule has 0 aromatic carbocycles. The Kier molecular flexibility index (Phi) is 2.38. The highest BCUT2D eigenvalue weighted by Gasteiger charge is 2.25. The Labute approximate surface area is 98.6 Å². The van der Waals surface area contributed by atoms with Crippen LogP contribution in [0.25, 0.3) is 0 Å². The summed E-state index contributed by atoms with van der Waals surface area (Å²) in [5, 5.41) is 0. The van der Waals surface area contributed by atoms with Gasteiger partial charge in [0.15, 0.2) is 5.78 Å². The molecule has 0 amide bonds. The van der Waals surface area contributed by atoms with E-state index in [9.17, 15) is 4.79 Å². The molecule has 3 nitrogen and oxygen atoms in total. The number of rotatable bonds is 0. The number of ketones is 1. The van der Waals surface area contributed by atoms with Crippen molar-refractivity contribution in [3.8, 4) is 0 Å². The molecule has 0 spiro atoms. The van der Waals surface area contributed by atoms with E-state index >= 15 is 0 Å². The normalized spacial score (nSPS) is 31.9. The quantitative estimate of drug-likeness (QED) is 0.594. The Morgan fingerprint density at radius 2 is 2.00 bits per heavy atom. The first-order valence-electron chi connectivity index (χ1n) is 5.37. The van der Waals surface area contributed by atoms with E-state index in [1.165, 1.54) is 6.26 Å². The molecule has 84 valence electrons. The second-order valence-electron chi connectivity index (χ2n) is 3.84. The van der Waals surface area contributed by atoms with Crippen molar-refractivity contribution in [1.82, 2.24) is 0 Å². The standard InChI is InChI=1S/C14H10O3/c15-12-6-3-4-10-8-9-16-17-13-7-2-1-5-11(13)14(10)12/h1-9,13H/b9-8-,14-11+. The summed E-state index contributed by atoms with van der Waals surface area (Å²) in [6.45, 7) is 0. The molecular formula is C14H10O3. The first-order valence-corrected chi connectivity index (χ1v) is 5.37. The lowest BCUT2D eigenvalue weighted by molar-refractivity contribution is -0.262. The summed E-state index contributed by atoms with van der Waals surface area (Å²) in [6, 6.07) is 0. The number of hydrogen-bond donors (Lipinski definition) is 0. The molecule has 0 saturated carbocycles. The lowest BCUT2D eigenvalue weighted by Gasteiger charge is -2.22. The maximum absolute atomic E-state index is 12.0. The lowest BCUT2D eigenvalue weighted by atomic mass is 9.88. The average Bonchev–Trinajstić information content (AvgIpc) is 2.32. The van der Waals surface area contributed by atoms with Crippen molar-refractivity contribution >= 4 is 5.78 Å². The molecule has 3 heteroatoms. The molecule has 0 aromatic heterocycles. The molecule has 0 fully saturated rings. The van der Waals surface area contributed by atoms with Crippen molar-refractivity contribution in [2.24, 2.45) is 0 Å². The zero-order valence-corrected chi connectivity index (χ0v) is 9.00. The fourth-order valence-corrected chi connectivity index (χ4v) is 2.02. The van der Waals surface area contributed by atoms with Gasteiger partial charge in [-0.15, -0.1) is 0 Å². The minimum absolute atomic E-state index is 0.00222. The molecule has 1 aliphatic heterocycles. The summed E-state index contributed by atoms with van der Waals surface area (Å²) in [5.41, 5.74) is 2.36. The number of carbonyl (C=O) groups is 1. The van der Waals surface area contributed by atoms with E-state index in [4.69, 9.17) is 9.78 Å². The van der Waals surface area contributed by atoms with Crippen LogP contribution in [0, 0.1) is 0 Å². The third-order valence-electron chi connectivity index (χ3n) is 2.79. The first-order chi connectivity index (χ1) is 8.36. The zero-order valence-electron chi connectivity index (χ0n) is 9.00. The summed E-state index contributed by atoms with van der Waals surface area (Å²) < 4.78 is 0. The molecule has 1 unspecified atom stereocenters. The summed E-state index contributed by atoms with van der Waals surface area (Å²) in [6.07, 6.45) is 15.5. The number of carbonyl (C=O) groups excluding carboxylic acids is 1. The highest BCUT2D eigenvalue weighted by Crippen LogP contribution is 2.29. The summed E-state index contributed by atoms with van der Waals surface area (Å²) in [7, 11) is 0. The van der Waals surface area contributed by atoms with Gasteiger partial charge in [0.1, 0.15) is 12.4 Å². The van der Waals surface area contributed by atoms with Gasteiger partial charge in [0.25, 0.3) is 0 Å². The van der Waals surface area contributed by atoms with E-state index in [0.29, 0.717) is 5.57 Å². The lowest BCUT2D eigenvalue weighted by Crippen LogP contribution is -2.20. The highest BCUT2D eigenvalue weighted by atomic mass is 17.2. The van der Waals surface area contributed by atoms with Gasteiger partial charge in [0.05, 0.1) is 0 Å². The summed E-state index contributed by atoms with van der Waals surface area (Å²) >= 11 is 0. The fraction of sp³-hybridized carbons (Fsp3) is 0.0714. The van der Waals surface area contributed by atoms with Gasteiger partial charge >= 0.3 is 0 Å². The van der Waals surface area contributed by atoms with Gasteiger partial charge in [0, 0.05) is 11.1 Å². The maximum atomic E-state index is 12.0. The minimum atomic E-state index is -0.334. The number of fused-ring (bicyclic) bond motifs is 2. The van der Waals surface area contributed by atoms with Gasteiger partial charge in [-0.25, -0.2) is 0 Å². The SMILES string of the molecule is O=C1C=CC=C2/C=C\OOC3C=CC=C/C3=C\12. The van der Waals surface area contributed by atoms with Crippen LogP contribution in [0.4, 0.5) is 0 Å². The third kappa shape index (κ3) is 1.70. The highest BCUT2D eigenvalue weighted by molar-refractivity contribution is 6.10. The van der Waals surface area contributed by atoms with Crippen molar-refractivity contribution in [1.29, 1.82) is 0 Å². The van der Waals surface area contributed by atoms with Crippen molar-refractivity contribution in [3.05, 3.63) is 71.6 Å². The van der Waals surface area contributed by atoms with Crippen LogP contribution < -0.4 is 0 Å². The Morgan fingerprint density at radius 3 is 2.94 bits per heavy atom. The van der Waals surface area contributed by atoms with Gasteiger partial charge in [0.2, 0.25) is 0 Å². The second-order valence-corrected chi connectivity index (χ2v) is 3.84. The van der Waals surface area contributed by atoms with Gasteiger partial charge in [-0.1, -0.05) is 30.4 Å². The van der Waals surface area contributed by atoms with Crippen molar-refractivity contribution in [2.75, 3.05) is 0 Å². The zero-order chi connectivity index (χ0) is 11.7. The molecule has 0 radical (unpaired) electrons. The van der Waals surface area contributed by atoms with Crippen LogP contribution in [0.1, 0.15) is 0 Å². The van der Waals surface area contributed by atoms with Gasteiger partial charge < -0.3 is 4.89 Å². The Balaban J connectivity index is 2.20. The maximum Gasteiger partial charge on any atom is 0.186 e. The monoisotopic (exact) mass is 226 g/mol. The molecule has 0 N–H and O–H groups in total. The van der Waals surface area contributed by atoms with E-state index < -0.39 is 0 Å². The van der Waals surface area contributed by atoms with Crippen molar-refractivity contribution in [2.45, 2.75) is 6.10 Å². The third-order valence-corrected chi connectivity index (χ3v) is 2.79. The largest absolute Gasteiger partial charge is 0.345 e. The first kappa shape index (κ1) is 10.1. The number of allylic oxidation sites excluding steroid dienone is 8. The molecule has 1 heterocycles. The van der Waals surface area contributed by atoms with Gasteiger partial charge in [-0.2, -0.15) is 4.89 Å². The van der Waals surface area contributed by atoms with E-state index in [0.717, 1.165) is 11.1 Å². The minimum Gasteiger partial charge on any atom is -0.345 e. The van der Waals surface area contributed by atoms with Crippen LogP contribution >= 0.6 is 0 Å². The predicted molar refractivity (Wildman–Crippen MR) is 62.6 cm³/mol. The van der Waals surface area contributed by atoms with Crippen molar-refractivity contribution in [3.63, 3.8) is 0 Å². The molecule has 2 aliphatic carbocycles. The summed E-state index contributed by atoms with van der Waals surface area (Å²) in [5.74, 6) is -0.00222. The summed E-state index contributed by atoms with van der Waals surface area (Å²) in [4.78, 5) is 22.1. The van der Waals surface area contributed by atoms with Gasteiger partial charge in [-0.3, -0.25) is 4.79 Å². The van der Waals surface area contributed by atoms with Crippen LogP contribution in [0.15, 0.2) is 71.6 Å². The van der Waals surface area contributed by atoms with Crippen LogP contribution in [0.2, 0.25) is 0 Å². The molecule has 0 bridgehead atoms. The van der Waals surface area contributed by atoms with E-state index in [1.54, 1.807) is 18.2 Å². The molecule has 0 aromatic rings. The predicted octanol–water partition coefficient (Wildman–Crippen LogP) is 2.32. The van der Waals surface area contributed by atoms with Crippen molar-refractivity contribution < 1.29 is 14.6 Å². The molecule has 0 saturated heterocycles. The van der Waals surface area contributed by atoms with Gasteiger partial charge in [-0.05, 0) is 23.8 Å².